The quantitative estimate of drug-likeness (QED) is 0.634. The van der Waals surface area contributed by atoms with Crippen molar-refractivity contribution in [1.82, 2.24) is 10.2 Å². The van der Waals surface area contributed by atoms with E-state index in [1.165, 1.54) is 12.1 Å². The Kier molecular flexibility index (Phi) is 6.52. The van der Waals surface area contributed by atoms with Gasteiger partial charge in [0.1, 0.15) is 11.6 Å². The molecule has 0 aromatic heterocycles. The number of nitrogens with one attached hydrogen (secondary N) is 1. The Hall–Kier alpha value is -2.18. The van der Waals surface area contributed by atoms with Crippen LogP contribution < -0.4 is 11.1 Å². The van der Waals surface area contributed by atoms with E-state index in [0.717, 1.165) is 38.0 Å². The van der Waals surface area contributed by atoms with Crippen molar-refractivity contribution in [1.29, 1.82) is 0 Å². The highest BCUT2D eigenvalue weighted by Gasteiger charge is 2.23. The molecule has 1 aliphatic rings. The predicted octanol–water partition coefficient (Wildman–Crippen LogP) is 1.67. The summed E-state index contributed by atoms with van der Waals surface area (Å²) in [6.45, 7) is 2.12. The van der Waals surface area contributed by atoms with Gasteiger partial charge in [0.2, 0.25) is 5.91 Å². The van der Waals surface area contributed by atoms with Gasteiger partial charge >= 0.3 is 0 Å². The molecule has 3 N–H and O–H groups in total. The van der Waals surface area contributed by atoms with Gasteiger partial charge in [-0.3, -0.25) is 9.79 Å². The zero-order valence-corrected chi connectivity index (χ0v) is 13.9. The SMILES string of the molecule is CN=C(NCCc1cc(F)cc(F)c1)N1CCCC(CC(N)=O)C1. The number of guanidine groups is 1. The number of hydrogen-bond acceptors (Lipinski definition) is 2. The van der Waals surface area contributed by atoms with Gasteiger partial charge in [0.25, 0.3) is 0 Å². The zero-order valence-electron chi connectivity index (χ0n) is 13.9. The molecule has 1 heterocycles. The fraction of sp³-hybridized carbons (Fsp3) is 0.529. The average Bonchev–Trinajstić information content (AvgIpc) is 2.50. The van der Waals surface area contributed by atoms with Gasteiger partial charge in [-0.1, -0.05) is 0 Å². The summed E-state index contributed by atoms with van der Waals surface area (Å²) in [5.74, 6) is -0.439. The lowest BCUT2D eigenvalue weighted by Crippen LogP contribution is -2.47. The molecule has 1 aromatic carbocycles. The fourth-order valence-electron chi connectivity index (χ4n) is 3.11. The second kappa shape index (κ2) is 8.61. The minimum atomic E-state index is -0.570. The maximum Gasteiger partial charge on any atom is 0.217 e. The third-order valence-electron chi connectivity index (χ3n) is 4.14. The molecule has 1 aromatic rings. The van der Waals surface area contributed by atoms with Crippen LogP contribution in [0.15, 0.2) is 23.2 Å². The lowest BCUT2D eigenvalue weighted by atomic mass is 9.95. The molecular weight excluding hydrogens is 314 g/mol. The molecule has 1 fully saturated rings. The van der Waals surface area contributed by atoms with Gasteiger partial charge in [0.15, 0.2) is 5.96 Å². The van der Waals surface area contributed by atoms with E-state index in [1.807, 2.05) is 0 Å². The lowest BCUT2D eigenvalue weighted by molar-refractivity contribution is -0.119. The van der Waals surface area contributed by atoms with Gasteiger partial charge in [0.05, 0.1) is 0 Å². The number of amides is 1. The first-order valence-electron chi connectivity index (χ1n) is 8.17. The molecule has 132 valence electrons. The highest BCUT2D eigenvalue weighted by Crippen LogP contribution is 2.19. The fourth-order valence-corrected chi connectivity index (χ4v) is 3.11. The predicted molar refractivity (Wildman–Crippen MR) is 89.5 cm³/mol. The summed E-state index contributed by atoms with van der Waals surface area (Å²) in [5.41, 5.74) is 5.88. The molecule has 1 unspecified atom stereocenters. The van der Waals surface area contributed by atoms with Crippen molar-refractivity contribution < 1.29 is 13.6 Å². The average molecular weight is 338 g/mol. The number of piperidine rings is 1. The largest absolute Gasteiger partial charge is 0.370 e. The van der Waals surface area contributed by atoms with Crippen LogP contribution in [0.5, 0.6) is 0 Å². The van der Waals surface area contributed by atoms with E-state index in [9.17, 15) is 13.6 Å². The molecule has 0 saturated carbocycles. The van der Waals surface area contributed by atoms with Crippen LogP contribution in [0, 0.1) is 17.6 Å². The molecule has 24 heavy (non-hydrogen) atoms. The number of nitrogens with two attached hydrogens (primary N) is 1. The number of carbonyl (C=O) groups is 1. The van der Waals surface area contributed by atoms with Crippen molar-refractivity contribution in [2.24, 2.45) is 16.6 Å². The molecule has 0 aliphatic carbocycles. The number of halogens is 2. The van der Waals surface area contributed by atoms with Gasteiger partial charge in [-0.2, -0.15) is 0 Å². The van der Waals surface area contributed by atoms with Crippen molar-refractivity contribution in [3.8, 4) is 0 Å². The third-order valence-corrected chi connectivity index (χ3v) is 4.14. The normalized spacial score (nSPS) is 18.5. The number of likely N-dealkylation sites (tertiary alicyclic amines) is 1. The van der Waals surface area contributed by atoms with E-state index in [4.69, 9.17) is 5.73 Å². The Morgan fingerprint density at radius 1 is 1.38 bits per heavy atom. The van der Waals surface area contributed by atoms with E-state index in [-0.39, 0.29) is 11.8 Å². The van der Waals surface area contributed by atoms with Crippen LogP contribution in [0.1, 0.15) is 24.8 Å². The van der Waals surface area contributed by atoms with Crippen molar-refractivity contribution >= 4 is 11.9 Å². The number of aliphatic imine (C=N–C) groups is 1. The van der Waals surface area contributed by atoms with Crippen molar-refractivity contribution in [2.45, 2.75) is 25.7 Å². The van der Waals surface area contributed by atoms with Gasteiger partial charge in [-0.25, -0.2) is 8.78 Å². The minimum Gasteiger partial charge on any atom is -0.370 e. The maximum absolute atomic E-state index is 13.2. The summed E-state index contributed by atoms with van der Waals surface area (Å²) in [7, 11) is 1.70. The number of nitrogens with zero attached hydrogens (tertiary/aromatic N) is 2. The number of hydrogen-bond donors (Lipinski definition) is 2. The smallest absolute Gasteiger partial charge is 0.217 e. The minimum absolute atomic E-state index is 0.243. The summed E-state index contributed by atoms with van der Waals surface area (Å²) < 4.78 is 26.4. The van der Waals surface area contributed by atoms with Gasteiger partial charge in [-0.15, -0.1) is 0 Å². The maximum atomic E-state index is 13.2. The highest BCUT2D eigenvalue weighted by molar-refractivity contribution is 5.80. The highest BCUT2D eigenvalue weighted by atomic mass is 19.1. The number of primary amides is 1. The van der Waals surface area contributed by atoms with E-state index in [2.05, 4.69) is 15.2 Å². The Labute approximate surface area is 140 Å². The van der Waals surface area contributed by atoms with Crippen molar-refractivity contribution in [2.75, 3.05) is 26.7 Å². The van der Waals surface area contributed by atoms with Crippen LogP contribution >= 0.6 is 0 Å². The molecule has 1 amide bonds. The molecule has 5 nitrogen and oxygen atoms in total. The topological polar surface area (TPSA) is 70.7 Å². The molecule has 1 atom stereocenters. The Bertz CT molecular complexity index is 586. The van der Waals surface area contributed by atoms with E-state index >= 15 is 0 Å². The zero-order chi connectivity index (χ0) is 17.5. The summed E-state index contributed by atoms with van der Waals surface area (Å²) in [6.07, 6.45) is 2.84. The second-order valence-corrected chi connectivity index (χ2v) is 6.13. The lowest BCUT2D eigenvalue weighted by Gasteiger charge is -2.34. The van der Waals surface area contributed by atoms with Crippen LogP contribution in [-0.4, -0.2) is 43.4 Å². The van der Waals surface area contributed by atoms with Gasteiger partial charge < -0.3 is 16.0 Å². The first-order chi connectivity index (χ1) is 11.5. The molecule has 1 aliphatic heterocycles. The first kappa shape index (κ1) is 18.2. The first-order valence-corrected chi connectivity index (χ1v) is 8.17. The summed E-state index contributed by atoms with van der Waals surface area (Å²) >= 11 is 0. The van der Waals surface area contributed by atoms with Crippen LogP contribution in [0.3, 0.4) is 0 Å². The molecule has 1 saturated heterocycles. The number of benzene rings is 1. The van der Waals surface area contributed by atoms with Crippen molar-refractivity contribution in [3.63, 3.8) is 0 Å². The monoisotopic (exact) mass is 338 g/mol. The Morgan fingerprint density at radius 2 is 2.08 bits per heavy atom. The van der Waals surface area contributed by atoms with Crippen LogP contribution in [-0.2, 0) is 11.2 Å². The van der Waals surface area contributed by atoms with Crippen molar-refractivity contribution in [3.05, 3.63) is 35.4 Å². The third kappa shape index (κ3) is 5.47. The molecule has 0 spiro atoms. The van der Waals surface area contributed by atoms with Crippen LogP contribution in [0.4, 0.5) is 8.78 Å². The second-order valence-electron chi connectivity index (χ2n) is 6.13. The van der Waals surface area contributed by atoms with Crippen LogP contribution in [0.25, 0.3) is 0 Å². The number of rotatable bonds is 5. The molecule has 7 heteroatoms. The van der Waals surface area contributed by atoms with Gasteiger partial charge in [-0.05, 0) is 42.9 Å². The van der Waals surface area contributed by atoms with E-state index in [1.54, 1.807) is 7.05 Å². The van der Waals surface area contributed by atoms with Gasteiger partial charge in [0, 0.05) is 39.2 Å². The van der Waals surface area contributed by atoms with Crippen LogP contribution in [0.2, 0.25) is 0 Å². The Morgan fingerprint density at radius 3 is 2.71 bits per heavy atom. The Balaban J connectivity index is 1.86. The molecular formula is C17H24F2N4O. The van der Waals surface area contributed by atoms with E-state index in [0.29, 0.717) is 24.9 Å². The molecule has 0 radical (unpaired) electrons. The summed E-state index contributed by atoms with van der Waals surface area (Å²) in [5, 5.41) is 3.22. The summed E-state index contributed by atoms with van der Waals surface area (Å²) in [6, 6.07) is 3.52. The summed E-state index contributed by atoms with van der Waals surface area (Å²) in [4.78, 5) is 17.5. The molecule has 2 rings (SSSR count). The standard InChI is InChI=1S/C17H24F2N4O/c1-21-17(23-6-2-3-13(11-23)9-16(20)24)22-5-4-12-7-14(18)10-15(19)8-12/h7-8,10,13H,2-6,9,11H2,1H3,(H2,20,24)(H,21,22). The van der Waals surface area contributed by atoms with E-state index < -0.39 is 11.6 Å². The number of carbonyl (C=O) groups excluding carboxylic acids is 1. The molecule has 0 bridgehead atoms.